The third-order valence-electron chi connectivity index (χ3n) is 5.10. The minimum atomic E-state index is -0.0182. The number of rotatable bonds is 6. The fraction of sp³-hybridized carbons (Fsp3) is 0.364. The second kappa shape index (κ2) is 9.22. The number of carbonyl (C=O) groups is 1. The number of aromatic nitrogens is 1. The van der Waals surface area contributed by atoms with Gasteiger partial charge in [-0.1, -0.05) is 41.1 Å². The van der Waals surface area contributed by atoms with Crippen LogP contribution in [-0.4, -0.2) is 55.2 Å². The van der Waals surface area contributed by atoms with Crippen LogP contribution in [0.3, 0.4) is 0 Å². The van der Waals surface area contributed by atoms with E-state index in [1.165, 1.54) is 11.3 Å². The SMILES string of the molecule is Cc1cc(Cl)cc2sc(N(CCCN3CCOCC3)C(=O)c3ccccc3)nc12. The molecule has 1 saturated heterocycles. The Balaban J connectivity index is 1.59. The Morgan fingerprint density at radius 1 is 1.24 bits per heavy atom. The predicted octanol–water partition coefficient (Wildman–Crippen LogP) is 4.63. The first-order valence-electron chi connectivity index (χ1n) is 9.85. The maximum absolute atomic E-state index is 13.3. The second-order valence-corrected chi connectivity index (χ2v) is 8.64. The summed E-state index contributed by atoms with van der Waals surface area (Å²) in [7, 11) is 0. The van der Waals surface area contributed by atoms with E-state index in [9.17, 15) is 4.79 Å². The van der Waals surface area contributed by atoms with Gasteiger partial charge in [-0.2, -0.15) is 0 Å². The van der Waals surface area contributed by atoms with Crippen LogP contribution < -0.4 is 4.90 Å². The maximum atomic E-state index is 13.3. The van der Waals surface area contributed by atoms with Crippen LogP contribution in [-0.2, 0) is 4.74 Å². The number of ether oxygens (including phenoxy) is 1. The molecule has 2 aromatic carbocycles. The number of benzene rings is 2. The Bertz CT molecular complexity index is 986. The van der Waals surface area contributed by atoms with Gasteiger partial charge in [-0.05, 0) is 43.2 Å². The number of anilines is 1. The van der Waals surface area contributed by atoms with Gasteiger partial charge in [-0.25, -0.2) is 4.98 Å². The summed E-state index contributed by atoms with van der Waals surface area (Å²) < 4.78 is 6.43. The highest BCUT2D eigenvalue weighted by Gasteiger charge is 2.22. The molecule has 0 radical (unpaired) electrons. The lowest BCUT2D eigenvalue weighted by molar-refractivity contribution is 0.0376. The van der Waals surface area contributed by atoms with E-state index in [0.29, 0.717) is 17.1 Å². The number of amides is 1. The molecule has 0 saturated carbocycles. The van der Waals surface area contributed by atoms with E-state index in [4.69, 9.17) is 21.3 Å². The molecule has 1 aromatic heterocycles. The zero-order valence-corrected chi connectivity index (χ0v) is 18.0. The lowest BCUT2D eigenvalue weighted by atomic mass is 10.2. The van der Waals surface area contributed by atoms with Crippen LogP contribution in [0.2, 0.25) is 5.02 Å². The molecule has 1 aliphatic heterocycles. The Kier molecular flexibility index (Phi) is 6.45. The summed E-state index contributed by atoms with van der Waals surface area (Å²) in [4.78, 5) is 22.3. The molecule has 0 bridgehead atoms. The Hall–Kier alpha value is -1.99. The zero-order chi connectivity index (χ0) is 20.2. The predicted molar refractivity (Wildman–Crippen MR) is 119 cm³/mol. The van der Waals surface area contributed by atoms with Crippen molar-refractivity contribution in [3.63, 3.8) is 0 Å². The number of morpholine rings is 1. The lowest BCUT2D eigenvalue weighted by Gasteiger charge is -2.27. The molecule has 1 amide bonds. The van der Waals surface area contributed by atoms with Crippen molar-refractivity contribution < 1.29 is 9.53 Å². The maximum Gasteiger partial charge on any atom is 0.260 e. The standard InChI is InChI=1S/C22H24ClN3O2S/c1-16-14-18(23)15-19-20(16)24-22(29-19)26(21(27)17-6-3-2-4-7-17)9-5-8-25-10-12-28-13-11-25/h2-4,6-7,14-15H,5,8-13H2,1H3. The normalized spacial score (nSPS) is 15.0. The van der Waals surface area contributed by atoms with Crippen LogP contribution in [0.5, 0.6) is 0 Å². The molecule has 0 spiro atoms. The van der Waals surface area contributed by atoms with E-state index < -0.39 is 0 Å². The van der Waals surface area contributed by atoms with Gasteiger partial charge >= 0.3 is 0 Å². The number of hydrogen-bond acceptors (Lipinski definition) is 5. The van der Waals surface area contributed by atoms with Crippen molar-refractivity contribution in [3.8, 4) is 0 Å². The zero-order valence-electron chi connectivity index (χ0n) is 16.4. The van der Waals surface area contributed by atoms with Gasteiger partial charge < -0.3 is 4.74 Å². The molecular formula is C22H24ClN3O2S. The summed E-state index contributed by atoms with van der Waals surface area (Å²) in [5, 5.41) is 1.42. The first kappa shape index (κ1) is 20.3. The Morgan fingerprint density at radius 2 is 2.00 bits per heavy atom. The molecule has 0 N–H and O–H groups in total. The van der Waals surface area contributed by atoms with Crippen molar-refractivity contribution in [3.05, 3.63) is 58.6 Å². The molecule has 3 aromatic rings. The van der Waals surface area contributed by atoms with E-state index in [-0.39, 0.29) is 5.91 Å². The number of fused-ring (bicyclic) bond motifs is 1. The summed E-state index contributed by atoms with van der Waals surface area (Å²) in [5.41, 5.74) is 2.61. The van der Waals surface area contributed by atoms with Gasteiger partial charge in [0.25, 0.3) is 5.91 Å². The van der Waals surface area contributed by atoms with Gasteiger partial charge in [0, 0.05) is 36.8 Å². The summed E-state index contributed by atoms with van der Waals surface area (Å²) >= 11 is 7.74. The molecule has 0 unspecified atom stereocenters. The number of carbonyl (C=O) groups excluding carboxylic acids is 1. The molecule has 4 rings (SSSR count). The number of aryl methyl sites for hydroxylation is 1. The van der Waals surface area contributed by atoms with E-state index in [1.54, 1.807) is 0 Å². The highest BCUT2D eigenvalue weighted by atomic mass is 35.5. The van der Waals surface area contributed by atoms with E-state index in [2.05, 4.69) is 4.90 Å². The summed E-state index contributed by atoms with van der Waals surface area (Å²) in [6.07, 6.45) is 0.883. The molecule has 2 heterocycles. The molecule has 29 heavy (non-hydrogen) atoms. The molecule has 152 valence electrons. The minimum absolute atomic E-state index is 0.0182. The van der Waals surface area contributed by atoms with Gasteiger partial charge in [-0.15, -0.1) is 0 Å². The molecule has 1 aliphatic rings. The van der Waals surface area contributed by atoms with E-state index in [1.807, 2.05) is 54.3 Å². The smallest absolute Gasteiger partial charge is 0.260 e. The number of nitrogens with zero attached hydrogens (tertiary/aromatic N) is 3. The van der Waals surface area contributed by atoms with Crippen LogP contribution in [0.1, 0.15) is 22.3 Å². The molecule has 5 nitrogen and oxygen atoms in total. The third-order valence-corrected chi connectivity index (χ3v) is 6.34. The van der Waals surface area contributed by atoms with Crippen molar-refractivity contribution in [1.29, 1.82) is 0 Å². The highest BCUT2D eigenvalue weighted by Crippen LogP contribution is 2.33. The van der Waals surface area contributed by atoms with Gasteiger partial charge in [0.15, 0.2) is 5.13 Å². The summed E-state index contributed by atoms with van der Waals surface area (Å²) in [5.74, 6) is -0.0182. The van der Waals surface area contributed by atoms with Crippen LogP contribution in [0.25, 0.3) is 10.2 Å². The lowest BCUT2D eigenvalue weighted by Crippen LogP contribution is -2.39. The summed E-state index contributed by atoms with van der Waals surface area (Å²) in [6, 6.07) is 13.2. The highest BCUT2D eigenvalue weighted by molar-refractivity contribution is 7.22. The largest absolute Gasteiger partial charge is 0.379 e. The summed E-state index contributed by atoms with van der Waals surface area (Å²) in [6.45, 7) is 7.03. The van der Waals surface area contributed by atoms with Crippen molar-refractivity contribution in [2.24, 2.45) is 0 Å². The van der Waals surface area contributed by atoms with Crippen LogP contribution in [0.4, 0.5) is 5.13 Å². The van der Waals surface area contributed by atoms with Gasteiger partial charge in [0.1, 0.15) is 0 Å². The number of hydrogen-bond donors (Lipinski definition) is 0. The van der Waals surface area contributed by atoms with E-state index >= 15 is 0 Å². The van der Waals surface area contributed by atoms with E-state index in [0.717, 1.165) is 60.2 Å². The minimum Gasteiger partial charge on any atom is -0.379 e. The van der Waals surface area contributed by atoms with Gasteiger partial charge in [0.05, 0.1) is 23.4 Å². The second-order valence-electron chi connectivity index (χ2n) is 7.20. The Labute approximate surface area is 179 Å². The van der Waals surface area contributed by atoms with Crippen molar-refractivity contribution >= 4 is 44.2 Å². The van der Waals surface area contributed by atoms with Crippen molar-refractivity contribution in [1.82, 2.24) is 9.88 Å². The third kappa shape index (κ3) is 4.78. The molecule has 0 atom stereocenters. The van der Waals surface area contributed by atoms with Gasteiger partial charge in [-0.3, -0.25) is 14.6 Å². The monoisotopic (exact) mass is 429 g/mol. The number of halogens is 1. The number of thiazole rings is 1. The van der Waals surface area contributed by atoms with Crippen LogP contribution in [0.15, 0.2) is 42.5 Å². The fourth-order valence-corrected chi connectivity index (χ4v) is 5.00. The average Bonchev–Trinajstić information content (AvgIpc) is 3.16. The topological polar surface area (TPSA) is 45.7 Å². The molecule has 1 fully saturated rings. The molecule has 7 heteroatoms. The van der Waals surface area contributed by atoms with Crippen molar-refractivity contribution in [2.75, 3.05) is 44.3 Å². The Morgan fingerprint density at radius 3 is 2.76 bits per heavy atom. The van der Waals surface area contributed by atoms with Crippen molar-refractivity contribution in [2.45, 2.75) is 13.3 Å². The van der Waals surface area contributed by atoms with Crippen LogP contribution in [0, 0.1) is 6.92 Å². The van der Waals surface area contributed by atoms with Crippen LogP contribution >= 0.6 is 22.9 Å². The van der Waals surface area contributed by atoms with Gasteiger partial charge in [0.2, 0.25) is 0 Å². The first-order valence-corrected chi connectivity index (χ1v) is 11.0. The average molecular weight is 430 g/mol. The molecular weight excluding hydrogens is 406 g/mol. The fourth-order valence-electron chi connectivity index (χ4n) is 3.56. The quantitative estimate of drug-likeness (QED) is 0.573. The molecule has 0 aliphatic carbocycles. The first-order chi connectivity index (χ1) is 14.1.